The van der Waals surface area contributed by atoms with Gasteiger partial charge in [0.2, 0.25) is 0 Å². The average molecular weight is 440 g/mol. The van der Waals surface area contributed by atoms with Crippen molar-refractivity contribution >= 4 is 0 Å². The van der Waals surface area contributed by atoms with Crippen molar-refractivity contribution in [3.63, 3.8) is 0 Å². The van der Waals surface area contributed by atoms with E-state index in [4.69, 9.17) is 9.47 Å². The minimum absolute atomic E-state index is 0.0478. The molecule has 1 spiro atoms. The van der Waals surface area contributed by atoms with Crippen LogP contribution in [0.4, 0.5) is 0 Å². The molecule has 1 unspecified atom stereocenters. The molecule has 6 fully saturated rings. The third-order valence-corrected chi connectivity index (χ3v) is 11.1. The van der Waals surface area contributed by atoms with Gasteiger partial charge in [0, 0.05) is 55.8 Å². The second-order valence-electron chi connectivity index (χ2n) is 11.4. The molecule has 6 rings (SSSR count). The number of hydrogen-bond donors (Lipinski definition) is 5. The predicted molar refractivity (Wildman–Crippen MR) is 109 cm³/mol. The number of piperidine rings is 1. The van der Waals surface area contributed by atoms with E-state index < -0.39 is 52.3 Å². The van der Waals surface area contributed by atoms with Gasteiger partial charge in [-0.2, -0.15) is 0 Å². The lowest BCUT2D eigenvalue weighted by atomic mass is 9.42. The van der Waals surface area contributed by atoms with Crippen LogP contribution in [-0.2, 0) is 9.47 Å². The van der Waals surface area contributed by atoms with Crippen LogP contribution in [0.3, 0.4) is 0 Å². The van der Waals surface area contributed by atoms with Crippen LogP contribution in [0.25, 0.3) is 0 Å². The van der Waals surface area contributed by atoms with Crippen LogP contribution in [0.5, 0.6) is 0 Å². The topological polar surface area (TPSA) is 123 Å². The molecular formula is C23H37NO7. The summed E-state index contributed by atoms with van der Waals surface area (Å²) in [5.74, 6) is -1.15. The first-order valence-electron chi connectivity index (χ1n) is 11.9. The Labute approximate surface area is 183 Å². The molecule has 8 heteroatoms. The van der Waals surface area contributed by atoms with Crippen molar-refractivity contribution in [1.82, 2.24) is 4.90 Å². The first-order valence-corrected chi connectivity index (χ1v) is 11.9. The summed E-state index contributed by atoms with van der Waals surface area (Å²) in [6, 6.07) is -0.497. The molecular weight excluding hydrogens is 402 g/mol. The Hall–Kier alpha value is -0.320. The molecule has 0 amide bonds. The number of aliphatic hydroxyl groups is 5. The first kappa shape index (κ1) is 21.2. The Morgan fingerprint density at radius 1 is 1.13 bits per heavy atom. The third kappa shape index (κ3) is 1.89. The Balaban J connectivity index is 1.68. The lowest BCUT2D eigenvalue weighted by molar-refractivity contribution is -0.317. The van der Waals surface area contributed by atoms with Gasteiger partial charge in [-0.15, -0.1) is 0 Å². The molecule has 1 heterocycles. The van der Waals surface area contributed by atoms with Gasteiger partial charge in [0.15, 0.2) is 0 Å². The highest BCUT2D eigenvalue weighted by atomic mass is 16.5. The van der Waals surface area contributed by atoms with Crippen LogP contribution < -0.4 is 0 Å². The maximum Gasteiger partial charge on any atom is 0.136 e. The highest BCUT2D eigenvalue weighted by Gasteiger charge is 2.91. The molecule has 1 saturated heterocycles. The van der Waals surface area contributed by atoms with Gasteiger partial charge >= 0.3 is 0 Å². The quantitative estimate of drug-likeness (QED) is 0.377. The summed E-state index contributed by atoms with van der Waals surface area (Å²) in [4.78, 5) is 2.18. The number of methoxy groups -OCH3 is 2. The monoisotopic (exact) mass is 439 g/mol. The molecule has 8 nitrogen and oxygen atoms in total. The second-order valence-corrected chi connectivity index (χ2v) is 11.4. The number of fused-ring (bicyclic) bond motifs is 2. The Kier molecular flexibility index (Phi) is 4.26. The van der Waals surface area contributed by atoms with Crippen LogP contribution in [-0.4, -0.2) is 106 Å². The average Bonchev–Trinajstić information content (AvgIpc) is 3.13. The van der Waals surface area contributed by atoms with Crippen molar-refractivity contribution in [1.29, 1.82) is 0 Å². The Morgan fingerprint density at radius 2 is 1.87 bits per heavy atom. The second kappa shape index (κ2) is 6.21. The molecule has 0 aromatic heterocycles. The molecule has 176 valence electrons. The fourth-order valence-corrected chi connectivity index (χ4v) is 10.4. The molecule has 7 bridgehead atoms. The zero-order valence-corrected chi connectivity index (χ0v) is 18.6. The Bertz CT molecular complexity index is 783. The number of rotatable bonds is 4. The van der Waals surface area contributed by atoms with E-state index in [1.54, 1.807) is 14.2 Å². The zero-order chi connectivity index (χ0) is 22.1. The summed E-state index contributed by atoms with van der Waals surface area (Å²) in [6.45, 7) is 3.23. The van der Waals surface area contributed by atoms with Gasteiger partial charge in [0.05, 0.1) is 37.1 Å². The molecule has 1 aliphatic heterocycles. The van der Waals surface area contributed by atoms with Crippen molar-refractivity contribution < 1.29 is 35.0 Å². The molecule has 5 N–H and O–H groups in total. The van der Waals surface area contributed by atoms with Crippen LogP contribution in [0, 0.1) is 34.5 Å². The SMILES string of the molecule is CCN1C[C@]2(CO)CC[C@H](O)[C@]34C1[C@](O)([C@@H](OC)[C@H]23)[C@@]1(O)C[C@H](OC)[C@H]2C[C@@H]4[C@@H]1[C@H]2O. The lowest BCUT2D eigenvalue weighted by Gasteiger charge is -2.69. The molecule has 31 heavy (non-hydrogen) atoms. The summed E-state index contributed by atoms with van der Waals surface area (Å²) >= 11 is 0. The van der Waals surface area contributed by atoms with Gasteiger partial charge in [0.25, 0.3) is 0 Å². The maximum absolute atomic E-state index is 12.7. The van der Waals surface area contributed by atoms with Crippen molar-refractivity contribution in [2.24, 2.45) is 34.5 Å². The van der Waals surface area contributed by atoms with E-state index in [9.17, 15) is 25.5 Å². The predicted octanol–water partition coefficient (Wildman–Crippen LogP) is -1.04. The molecule has 5 aliphatic carbocycles. The number of ether oxygens (including phenoxy) is 2. The number of aliphatic hydroxyl groups excluding tert-OH is 3. The number of nitrogens with zero attached hydrogens (tertiary/aromatic N) is 1. The smallest absolute Gasteiger partial charge is 0.136 e. The largest absolute Gasteiger partial charge is 0.396 e. The van der Waals surface area contributed by atoms with E-state index >= 15 is 0 Å². The Morgan fingerprint density at radius 3 is 2.48 bits per heavy atom. The summed E-state index contributed by atoms with van der Waals surface area (Å²) in [7, 11) is 3.16. The fraction of sp³-hybridized carbons (Fsp3) is 1.00. The van der Waals surface area contributed by atoms with E-state index in [0.29, 0.717) is 32.4 Å². The van der Waals surface area contributed by atoms with Gasteiger partial charge in [-0.05, 0) is 31.7 Å². The zero-order valence-electron chi connectivity index (χ0n) is 18.6. The molecule has 6 aliphatic rings. The fourth-order valence-electron chi connectivity index (χ4n) is 10.4. The van der Waals surface area contributed by atoms with Crippen LogP contribution in [0.1, 0.15) is 32.6 Å². The normalized spacial score (nSPS) is 64.1. The number of likely N-dealkylation sites (N-methyl/N-ethyl adjacent to an activating group) is 1. The van der Waals surface area contributed by atoms with Crippen molar-refractivity contribution in [2.45, 2.75) is 74.3 Å². The summed E-state index contributed by atoms with van der Waals surface area (Å²) in [6.07, 6.45) is -0.520. The summed E-state index contributed by atoms with van der Waals surface area (Å²) < 4.78 is 11.8. The van der Waals surface area contributed by atoms with Crippen molar-refractivity contribution in [3.8, 4) is 0 Å². The molecule has 13 atom stereocenters. The van der Waals surface area contributed by atoms with Crippen LogP contribution in [0.2, 0.25) is 0 Å². The highest BCUT2D eigenvalue weighted by molar-refractivity contribution is 5.41. The van der Waals surface area contributed by atoms with E-state index in [2.05, 4.69) is 4.90 Å². The highest BCUT2D eigenvalue weighted by Crippen LogP contribution is 2.80. The van der Waals surface area contributed by atoms with Crippen LogP contribution >= 0.6 is 0 Å². The van der Waals surface area contributed by atoms with Gasteiger partial charge in [-0.25, -0.2) is 0 Å². The minimum Gasteiger partial charge on any atom is -0.396 e. The van der Waals surface area contributed by atoms with Gasteiger partial charge in [-0.1, -0.05) is 6.92 Å². The molecule has 5 saturated carbocycles. The first-order chi connectivity index (χ1) is 14.7. The van der Waals surface area contributed by atoms with Gasteiger partial charge in [0.1, 0.15) is 11.2 Å². The molecule has 0 aromatic carbocycles. The molecule has 0 aromatic rings. The third-order valence-electron chi connectivity index (χ3n) is 11.1. The lowest BCUT2D eigenvalue weighted by Crippen LogP contribution is -2.81. The van der Waals surface area contributed by atoms with E-state index in [1.807, 2.05) is 6.92 Å². The standard InChI is InChI=1S/C23H37NO7/c1-4-24-9-20(10-25)6-5-14(26)22-12-7-11-13(30-2)8-21(28,15(12)16(11)27)23(29,19(22)24)18(31-3)17(20)22/h11-19,25-29H,4-10H2,1-3H3/t11-,12-,13+,14+,15-,16+,17-,18+,19?,20+,21-,22+,23-/m1/s1. The summed E-state index contributed by atoms with van der Waals surface area (Å²) in [5.41, 5.74) is -4.55. The number of likely N-dealkylation sites (tertiary alicyclic amines) is 1. The van der Waals surface area contributed by atoms with Crippen molar-refractivity contribution in [3.05, 3.63) is 0 Å². The minimum atomic E-state index is -1.68. The van der Waals surface area contributed by atoms with E-state index in [-0.39, 0.29) is 36.9 Å². The molecule has 0 radical (unpaired) electrons. The van der Waals surface area contributed by atoms with Gasteiger partial charge < -0.3 is 35.0 Å². The van der Waals surface area contributed by atoms with Crippen molar-refractivity contribution in [2.75, 3.05) is 33.9 Å². The van der Waals surface area contributed by atoms with E-state index in [0.717, 1.165) is 0 Å². The summed E-state index contributed by atoms with van der Waals surface area (Å²) in [5, 5.41) is 58.9. The maximum atomic E-state index is 12.7. The van der Waals surface area contributed by atoms with E-state index in [1.165, 1.54) is 0 Å². The van der Waals surface area contributed by atoms with Crippen LogP contribution in [0.15, 0.2) is 0 Å². The number of hydrogen-bond acceptors (Lipinski definition) is 8. The van der Waals surface area contributed by atoms with Gasteiger partial charge in [-0.3, -0.25) is 4.90 Å².